The van der Waals surface area contributed by atoms with Crippen molar-refractivity contribution in [1.29, 1.82) is 0 Å². The maximum absolute atomic E-state index is 12.4. The number of hydrogen-bond acceptors (Lipinski definition) is 4. The number of nitrogens with one attached hydrogen (secondary N) is 3. The van der Waals surface area contributed by atoms with Gasteiger partial charge in [0, 0.05) is 6.04 Å². The Morgan fingerprint density at radius 3 is 2.46 bits per heavy atom. The van der Waals surface area contributed by atoms with Crippen molar-refractivity contribution in [2.24, 2.45) is 5.10 Å². The molecule has 26 heavy (non-hydrogen) atoms. The second kappa shape index (κ2) is 8.25. The number of carbonyl (C=O) groups excluding carboxylic acids is 1. The van der Waals surface area contributed by atoms with Crippen LogP contribution in [0.4, 0.5) is 0 Å². The number of amides is 1. The summed E-state index contributed by atoms with van der Waals surface area (Å²) >= 11 is 0. The lowest BCUT2D eigenvalue weighted by Crippen LogP contribution is -2.41. The second-order valence-electron chi connectivity index (χ2n) is 6.76. The zero-order valence-electron chi connectivity index (χ0n) is 15.5. The number of rotatable bonds is 5. The molecule has 5 heteroatoms. The Hall–Kier alpha value is -2.50. The van der Waals surface area contributed by atoms with Crippen molar-refractivity contribution in [3.8, 4) is 0 Å². The van der Waals surface area contributed by atoms with Gasteiger partial charge in [-0.05, 0) is 43.4 Å². The molecule has 1 aliphatic heterocycles. The third kappa shape index (κ3) is 4.36. The molecule has 3 N–H and O–H groups in total. The average Bonchev–Trinajstić information content (AvgIpc) is 3.17. The van der Waals surface area contributed by atoms with Crippen molar-refractivity contribution in [3.63, 3.8) is 0 Å². The van der Waals surface area contributed by atoms with Gasteiger partial charge in [0.1, 0.15) is 6.04 Å². The highest BCUT2D eigenvalue weighted by Crippen LogP contribution is 2.22. The molecule has 2 atom stereocenters. The van der Waals surface area contributed by atoms with Crippen LogP contribution in [0.15, 0.2) is 53.6 Å². The van der Waals surface area contributed by atoms with E-state index in [4.69, 9.17) is 0 Å². The van der Waals surface area contributed by atoms with Crippen LogP contribution in [-0.4, -0.2) is 17.7 Å². The van der Waals surface area contributed by atoms with Crippen LogP contribution in [0, 0.1) is 6.92 Å². The number of aryl methyl sites for hydroxylation is 2. The van der Waals surface area contributed by atoms with E-state index in [2.05, 4.69) is 52.6 Å². The molecule has 0 aromatic heterocycles. The van der Waals surface area contributed by atoms with E-state index in [0.717, 1.165) is 17.7 Å². The summed E-state index contributed by atoms with van der Waals surface area (Å²) in [6.07, 6.45) is 1.72. The Balaban J connectivity index is 1.57. The number of hydrogen-bond donors (Lipinski definition) is 3. The summed E-state index contributed by atoms with van der Waals surface area (Å²) in [5, 5.41) is 4.24. The molecule has 1 heterocycles. The number of carbonyl (C=O) groups is 1. The standard InChI is InChI=1S/C21H26N4O/c1-4-16-7-11-18(12-8-16)19-13-20(24-23-19)21(26)25-22-15(3)17-9-5-14(2)6-10-17/h5-12,19-20,23-24H,4,13H2,1-3H3,(H,25,26)/b22-15+. The highest BCUT2D eigenvalue weighted by atomic mass is 16.2. The molecule has 2 aromatic carbocycles. The molecule has 1 fully saturated rings. The van der Waals surface area contributed by atoms with E-state index in [0.29, 0.717) is 6.42 Å². The van der Waals surface area contributed by atoms with Gasteiger partial charge < -0.3 is 0 Å². The smallest absolute Gasteiger partial charge is 0.258 e. The first-order valence-corrected chi connectivity index (χ1v) is 9.08. The lowest BCUT2D eigenvalue weighted by molar-refractivity contribution is -0.122. The highest BCUT2D eigenvalue weighted by Gasteiger charge is 2.30. The first-order valence-electron chi connectivity index (χ1n) is 9.08. The molecule has 1 saturated heterocycles. The first kappa shape index (κ1) is 18.3. The molecule has 0 bridgehead atoms. The maximum atomic E-state index is 12.4. The average molecular weight is 350 g/mol. The molecular weight excluding hydrogens is 324 g/mol. The molecule has 0 saturated carbocycles. The van der Waals surface area contributed by atoms with Crippen LogP contribution in [0.5, 0.6) is 0 Å². The van der Waals surface area contributed by atoms with Crippen LogP contribution < -0.4 is 16.3 Å². The van der Waals surface area contributed by atoms with E-state index in [-0.39, 0.29) is 18.0 Å². The van der Waals surface area contributed by atoms with E-state index >= 15 is 0 Å². The zero-order valence-corrected chi connectivity index (χ0v) is 15.5. The summed E-state index contributed by atoms with van der Waals surface area (Å²) in [5.41, 5.74) is 14.4. The summed E-state index contributed by atoms with van der Waals surface area (Å²) in [6.45, 7) is 6.08. The molecule has 0 radical (unpaired) electrons. The summed E-state index contributed by atoms with van der Waals surface area (Å²) < 4.78 is 0. The first-order chi connectivity index (χ1) is 12.6. The Bertz CT molecular complexity index is 781. The van der Waals surface area contributed by atoms with Gasteiger partial charge in [0.25, 0.3) is 5.91 Å². The van der Waals surface area contributed by atoms with Crippen molar-refractivity contribution in [2.45, 2.75) is 45.7 Å². The fraction of sp³-hybridized carbons (Fsp3) is 0.333. The van der Waals surface area contributed by atoms with Crippen LogP contribution in [0.2, 0.25) is 0 Å². The Morgan fingerprint density at radius 2 is 1.81 bits per heavy atom. The third-order valence-electron chi connectivity index (χ3n) is 4.81. The van der Waals surface area contributed by atoms with Crippen molar-refractivity contribution in [3.05, 3.63) is 70.8 Å². The van der Waals surface area contributed by atoms with Crippen LogP contribution in [0.3, 0.4) is 0 Å². The fourth-order valence-corrected chi connectivity index (χ4v) is 3.01. The maximum Gasteiger partial charge on any atom is 0.258 e. The molecule has 1 amide bonds. The monoisotopic (exact) mass is 350 g/mol. The number of nitrogens with zero attached hydrogens (tertiary/aromatic N) is 1. The van der Waals surface area contributed by atoms with Crippen LogP contribution >= 0.6 is 0 Å². The van der Waals surface area contributed by atoms with E-state index < -0.39 is 0 Å². The van der Waals surface area contributed by atoms with Gasteiger partial charge in [-0.15, -0.1) is 0 Å². The molecule has 3 rings (SSSR count). The predicted molar refractivity (Wildman–Crippen MR) is 105 cm³/mol. The van der Waals surface area contributed by atoms with Gasteiger partial charge in [-0.3, -0.25) is 4.79 Å². The van der Waals surface area contributed by atoms with Gasteiger partial charge in [0.05, 0.1) is 5.71 Å². The molecule has 5 nitrogen and oxygen atoms in total. The van der Waals surface area contributed by atoms with Gasteiger partial charge >= 0.3 is 0 Å². The Morgan fingerprint density at radius 1 is 1.12 bits per heavy atom. The largest absolute Gasteiger partial charge is 0.271 e. The molecule has 0 aliphatic carbocycles. The van der Waals surface area contributed by atoms with Crippen LogP contribution in [-0.2, 0) is 11.2 Å². The summed E-state index contributed by atoms with van der Waals surface area (Å²) in [5.74, 6) is -0.128. The normalized spacial score (nSPS) is 20.2. The lowest BCUT2D eigenvalue weighted by Gasteiger charge is -2.10. The summed E-state index contributed by atoms with van der Waals surface area (Å²) in [4.78, 5) is 12.4. The van der Waals surface area contributed by atoms with Crippen LogP contribution in [0.25, 0.3) is 0 Å². The zero-order chi connectivity index (χ0) is 18.5. The quantitative estimate of drug-likeness (QED) is 0.574. The van der Waals surface area contributed by atoms with Gasteiger partial charge in [-0.25, -0.2) is 16.3 Å². The molecular formula is C21H26N4O. The number of hydrazone groups is 1. The molecule has 2 aromatic rings. The molecule has 2 unspecified atom stereocenters. The van der Waals surface area contributed by atoms with Crippen molar-refractivity contribution in [1.82, 2.24) is 16.3 Å². The minimum Gasteiger partial charge on any atom is -0.271 e. The van der Waals surface area contributed by atoms with Crippen LogP contribution in [0.1, 0.15) is 48.6 Å². The van der Waals surface area contributed by atoms with Crippen molar-refractivity contribution >= 4 is 11.6 Å². The summed E-state index contributed by atoms with van der Waals surface area (Å²) in [7, 11) is 0. The van der Waals surface area contributed by atoms with E-state index in [1.54, 1.807) is 0 Å². The Kier molecular flexibility index (Phi) is 5.81. The second-order valence-corrected chi connectivity index (χ2v) is 6.76. The van der Waals surface area contributed by atoms with Gasteiger partial charge in [0.15, 0.2) is 0 Å². The van der Waals surface area contributed by atoms with Gasteiger partial charge in [-0.1, -0.05) is 61.0 Å². The van der Waals surface area contributed by atoms with E-state index in [1.807, 2.05) is 38.1 Å². The number of hydrazine groups is 1. The fourth-order valence-electron chi connectivity index (χ4n) is 3.01. The van der Waals surface area contributed by atoms with E-state index in [9.17, 15) is 4.79 Å². The Labute approximate surface area is 154 Å². The molecule has 136 valence electrons. The highest BCUT2D eigenvalue weighted by molar-refractivity contribution is 5.99. The van der Waals surface area contributed by atoms with E-state index in [1.165, 1.54) is 16.7 Å². The van der Waals surface area contributed by atoms with Crippen molar-refractivity contribution in [2.75, 3.05) is 0 Å². The SMILES string of the molecule is CCc1ccc(C2CC(C(=O)N/N=C(\C)c3ccc(C)cc3)NN2)cc1. The van der Waals surface area contributed by atoms with Crippen molar-refractivity contribution < 1.29 is 4.79 Å². The molecule has 0 spiro atoms. The summed E-state index contributed by atoms with van der Waals surface area (Å²) in [6, 6.07) is 16.4. The predicted octanol–water partition coefficient (Wildman–Crippen LogP) is 3.01. The minimum absolute atomic E-state index is 0.124. The minimum atomic E-state index is -0.305. The lowest BCUT2D eigenvalue weighted by atomic mass is 10.00. The van der Waals surface area contributed by atoms with Gasteiger partial charge in [0.2, 0.25) is 0 Å². The molecule has 1 aliphatic rings. The number of benzene rings is 2. The van der Waals surface area contributed by atoms with Gasteiger partial charge in [-0.2, -0.15) is 5.10 Å². The third-order valence-corrected chi connectivity index (χ3v) is 4.81. The topological polar surface area (TPSA) is 65.5 Å².